The molecule has 0 atom stereocenters. The monoisotopic (exact) mass is 687 g/mol. The first kappa shape index (κ1) is 32.8. The van der Waals surface area contributed by atoms with Gasteiger partial charge in [0.15, 0.2) is 9.84 Å². The van der Waals surface area contributed by atoms with Crippen molar-refractivity contribution in [1.82, 2.24) is 14.5 Å². The molecule has 0 bridgehead atoms. The lowest BCUT2D eigenvalue weighted by atomic mass is 9.76. The Morgan fingerprint density at radius 1 is 0.776 bits per heavy atom. The molecule has 0 saturated carbocycles. The first-order valence-electron chi connectivity index (χ1n) is 16.7. The number of piperidine rings is 1. The van der Waals surface area contributed by atoms with Crippen molar-refractivity contribution in [2.24, 2.45) is 0 Å². The van der Waals surface area contributed by atoms with Crippen LogP contribution in [0, 0.1) is 6.92 Å². The summed E-state index contributed by atoms with van der Waals surface area (Å²) < 4.78 is 28.7. The Morgan fingerprint density at radius 3 is 1.88 bits per heavy atom. The number of aryl methyl sites for hydroxylation is 1. The minimum absolute atomic E-state index is 0.0485. The van der Waals surface area contributed by atoms with Gasteiger partial charge in [0.25, 0.3) is 0 Å². The molecule has 5 aromatic carbocycles. The maximum atomic E-state index is 13.3. The van der Waals surface area contributed by atoms with E-state index in [1.807, 2.05) is 24.3 Å². The van der Waals surface area contributed by atoms with Crippen LogP contribution < -0.4 is 0 Å². The van der Waals surface area contributed by atoms with E-state index in [2.05, 4.69) is 90.5 Å². The quantitative estimate of drug-likeness (QED) is 0.143. The van der Waals surface area contributed by atoms with Crippen molar-refractivity contribution in [2.75, 3.05) is 18.8 Å². The number of halogens is 1. The van der Waals surface area contributed by atoms with Gasteiger partial charge in [-0.05, 0) is 71.5 Å². The van der Waals surface area contributed by atoms with Crippen LogP contribution >= 0.6 is 11.6 Å². The lowest BCUT2D eigenvalue weighted by Gasteiger charge is -2.38. The van der Waals surface area contributed by atoms with Gasteiger partial charge in [-0.3, -0.25) is 4.79 Å². The number of sulfone groups is 1. The second kappa shape index (κ2) is 13.7. The molecule has 0 aliphatic carbocycles. The molecule has 248 valence electrons. The van der Waals surface area contributed by atoms with Gasteiger partial charge in [-0.15, -0.1) is 0 Å². The summed E-state index contributed by atoms with van der Waals surface area (Å²) in [7, 11) is -3.63. The highest BCUT2D eigenvalue weighted by Crippen LogP contribution is 2.42. The highest BCUT2D eigenvalue weighted by molar-refractivity contribution is 7.91. The summed E-state index contributed by atoms with van der Waals surface area (Å²) in [6.07, 6.45) is 3.68. The van der Waals surface area contributed by atoms with E-state index in [-0.39, 0.29) is 28.9 Å². The molecule has 2 heterocycles. The summed E-state index contributed by atoms with van der Waals surface area (Å²) in [5, 5.41) is 2.27. The van der Waals surface area contributed by atoms with Gasteiger partial charge in [-0.1, -0.05) is 115 Å². The lowest BCUT2D eigenvalue weighted by Crippen LogP contribution is -2.39. The average molecular weight is 688 g/mol. The number of aromatic nitrogens is 2. The fourth-order valence-corrected chi connectivity index (χ4v) is 8.74. The van der Waals surface area contributed by atoms with Crippen LogP contribution in [0.25, 0.3) is 10.8 Å². The summed E-state index contributed by atoms with van der Waals surface area (Å²) in [6, 6.07) is 42.1. The fraction of sp³-hybridized carbons (Fsp3) is 0.220. The van der Waals surface area contributed by atoms with Crippen LogP contribution in [0.4, 0.5) is 0 Å². The molecular weight excluding hydrogens is 650 g/mol. The third kappa shape index (κ3) is 6.41. The zero-order valence-corrected chi connectivity index (χ0v) is 28.9. The predicted octanol–water partition coefficient (Wildman–Crippen LogP) is 8.41. The van der Waals surface area contributed by atoms with Gasteiger partial charge in [0.05, 0.1) is 16.3 Å². The number of hydrogen-bond acceptors (Lipinski definition) is 4. The topological polar surface area (TPSA) is 72.3 Å². The standard InChI is InChI=1S/C41H38ClN3O3S/c1-30-43-39(29-45(30)41(34-11-5-2-6-12-34,35-13-7-3-8-14-35)36-15-9-4-10-16-36)31-21-24-44(25-22-31)40(46)23-26-49(47,48)38-20-18-32-27-37(42)19-17-33(32)28-38/h2-20,27-29,31H,21-26H2,1H3. The molecule has 49 heavy (non-hydrogen) atoms. The van der Waals surface area contributed by atoms with E-state index in [1.165, 1.54) is 0 Å². The largest absolute Gasteiger partial charge is 0.343 e. The van der Waals surface area contributed by atoms with Crippen molar-refractivity contribution >= 4 is 38.1 Å². The molecule has 0 unspecified atom stereocenters. The summed E-state index contributed by atoms with van der Waals surface area (Å²) in [6.45, 7) is 3.19. The SMILES string of the molecule is Cc1nc(C2CCN(C(=O)CCS(=O)(=O)c3ccc4cc(Cl)ccc4c3)CC2)cn1C(c1ccccc1)(c1ccccc1)c1ccccc1. The van der Waals surface area contributed by atoms with Gasteiger partial charge >= 0.3 is 0 Å². The van der Waals surface area contributed by atoms with Crippen molar-refractivity contribution in [1.29, 1.82) is 0 Å². The van der Waals surface area contributed by atoms with Gasteiger partial charge in [-0.25, -0.2) is 13.4 Å². The number of benzene rings is 5. The second-order valence-corrected chi connectivity index (χ2v) is 15.3. The summed E-state index contributed by atoms with van der Waals surface area (Å²) in [5.41, 5.74) is 3.80. The van der Waals surface area contributed by atoms with E-state index in [0.29, 0.717) is 18.1 Å². The Bertz CT molecular complexity index is 2100. The molecule has 8 heteroatoms. The highest BCUT2D eigenvalue weighted by atomic mass is 35.5. The Morgan fingerprint density at radius 2 is 1.31 bits per heavy atom. The van der Waals surface area contributed by atoms with E-state index in [1.54, 1.807) is 35.2 Å². The number of hydrogen-bond donors (Lipinski definition) is 0. The van der Waals surface area contributed by atoms with Crippen molar-refractivity contribution in [3.63, 3.8) is 0 Å². The van der Waals surface area contributed by atoms with Crippen LogP contribution in [0.3, 0.4) is 0 Å². The number of amides is 1. The van der Waals surface area contributed by atoms with Gasteiger partial charge in [-0.2, -0.15) is 0 Å². The van der Waals surface area contributed by atoms with Gasteiger partial charge < -0.3 is 9.47 Å². The summed E-state index contributed by atoms with van der Waals surface area (Å²) in [5.74, 6) is 0.730. The molecule has 6 aromatic rings. The van der Waals surface area contributed by atoms with Crippen LogP contribution in [0.2, 0.25) is 5.02 Å². The molecule has 1 aromatic heterocycles. The first-order chi connectivity index (χ1) is 23.8. The number of likely N-dealkylation sites (tertiary alicyclic amines) is 1. The van der Waals surface area contributed by atoms with Crippen molar-refractivity contribution in [3.8, 4) is 0 Å². The molecule has 1 saturated heterocycles. The van der Waals surface area contributed by atoms with Crippen molar-refractivity contribution in [2.45, 2.75) is 42.5 Å². The maximum Gasteiger partial charge on any atom is 0.223 e. The van der Waals surface area contributed by atoms with Crippen LogP contribution in [0.5, 0.6) is 0 Å². The third-order valence-corrected chi connectivity index (χ3v) is 11.8. The zero-order chi connectivity index (χ0) is 34.0. The maximum absolute atomic E-state index is 13.3. The summed E-state index contributed by atoms with van der Waals surface area (Å²) in [4.78, 5) is 20.4. The number of rotatable bonds is 9. The van der Waals surface area contributed by atoms with E-state index in [9.17, 15) is 13.2 Å². The molecule has 1 fully saturated rings. The van der Waals surface area contributed by atoms with Crippen LogP contribution in [-0.2, 0) is 20.2 Å². The summed E-state index contributed by atoms with van der Waals surface area (Å²) >= 11 is 6.08. The molecule has 1 aliphatic heterocycles. The normalized spacial score (nSPS) is 14.3. The van der Waals surface area contributed by atoms with Crippen molar-refractivity contribution < 1.29 is 13.2 Å². The molecular formula is C41H38ClN3O3S. The third-order valence-electron chi connectivity index (χ3n) is 9.82. The molecule has 0 N–H and O–H groups in total. The molecule has 7 rings (SSSR count). The van der Waals surface area contributed by atoms with Crippen molar-refractivity contribution in [3.05, 3.63) is 167 Å². The molecule has 1 amide bonds. The fourth-order valence-electron chi connectivity index (χ4n) is 7.30. The Kier molecular flexibility index (Phi) is 9.14. The number of nitrogens with zero attached hydrogens (tertiary/aromatic N) is 3. The number of carbonyl (C=O) groups excluding carboxylic acids is 1. The molecule has 1 aliphatic rings. The van der Waals surface area contributed by atoms with E-state index in [4.69, 9.17) is 16.6 Å². The predicted molar refractivity (Wildman–Crippen MR) is 196 cm³/mol. The Balaban J connectivity index is 1.09. The van der Waals surface area contributed by atoms with Crippen LogP contribution in [0.15, 0.2) is 138 Å². The Hall–Kier alpha value is -4.72. The van der Waals surface area contributed by atoms with E-state index < -0.39 is 15.4 Å². The second-order valence-electron chi connectivity index (χ2n) is 12.8. The molecule has 0 radical (unpaired) electrons. The Labute approximate surface area is 292 Å². The smallest absolute Gasteiger partial charge is 0.223 e. The number of carbonyl (C=O) groups is 1. The molecule has 0 spiro atoms. The van der Waals surface area contributed by atoms with E-state index in [0.717, 1.165) is 51.8 Å². The number of imidazole rings is 1. The molecule has 6 nitrogen and oxygen atoms in total. The van der Waals surface area contributed by atoms with Crippen LogP contribution in [-0.4, -0.2) is 47.6 Å². The lowest BCUT2D eigenvalue weighted by molar-refractivity contribution is -0.131. The van der Waals surface area contributed by atoms with Crippen LogP contribution in [0.1, 0.15) is 53.4 Å². The minimum atomic E-state index is -3.63. The van der Waals surface area contributed by atoms with Gasteiger partial charge in [0.2, 0.25) is 5.91 Å². The first-order valence-corrected chi connectivity index (χ1v) is 18.7. The average Bonchev–Trinajstić information content (AvgIpc) is 3.53. The minimum Gasteiger partial charge on any atom is -0.343 e. The van der Waals surface area contributed by atoms with Gasteiger partial charge in [0, 0.05) is 36.6 Å². The van der Waals surface area contributed by atoms with E-state index >= 15 is 0 Å². The highest BCUT2D eigenvalue weighted by Gasteiger charge is 2.40. The number of fused-ring (bicyclic) bond motifs is 1. The zero-order valence-electron chi connectivity index (χ0n) is 27.4. The van der Waals surface area contributed by atoms with Gasteiger partial charge in [0.1, 0.15) is 11.4 Å².